The van der Waals surface area contributed by atoms with E-state index in [0.29, 0.717) is 10.6 Å². The number of rotatable bonds is 3. The zero-order chi connectivity index (χ0) is 14.9. The fourth-order valence-electron chi connectivity index (χ4n) is 2.27. The first-order valence-corrected chi connectivity index (χ1v) is 7.38. The van der Waals surface area contributed by atoms with Crippen molar-refractivity contribution in [3.8, 4) is 10.4 Å². The summed E-state index contributed by atoms with van der Waals surface area (Å²) in [5, 5.41) is 0. The van der Waals surface area contributed by atoms with E-state index < -0.39 is 0 Å². The van der Waals surface area contributed by atoms with E-state index in [1.165, 1.54) is 29.6 Å². The lowest BCUT2D eigenvalue weighted by Gasteiger charge is -2.07. The fraction of sp³-hybridized carbons (Fsp3) is 0.312. The number of benzene rings is 1. The molecule has 4 heteroatoms. The number of aryl methyl sites for hydroxylation is 2. The quantitative estimate of drug-likeness (QED) is 0.870. The third kappa shape index (κ3) is 2.43. The molecule has 0 bridgehead atoms. The molecule has 2 N–H and O–H groups in total. The molecule has 0 atom stereocenters. The molecule has 0 saturated heterocycles. The molecular weight excluding hydrogens is 270 g/mol. The third-order valence-corrected chi connectivity index (χ3v) is 4.67. The molecule has 0 unspecified atom stereocenters. The maximum Gasteiger partial charge on any atom is 0.350 e. The van der Waals surface area contributed by atoms with Crippen molar-refractivity contribution >= 4 is 23.0 Å². The highest BCUT2D eigenvalue weighted by molar-refractivity contribution is 7.18. The van der Waals surface area contributed by atoms with Crippen molar-refractivity contribution in [2.75, 3.05) is 12.8 Å². The first-order valence-electron chi connectivity index (χ1n) is 6.56. The van der Waals surface area contributed by atoms with Crippen molar-refractivity contribution in [1.82, 2.24) is 0 Å². The molecule has 0 spiro atoms. The van der Waals surface area contributed by atoms with E-state index in [1.54, 1.807) is 0 Å². The summed E-state index contributed by atoms with van der Waals surface area (Å²) in [5.41, 5.74) is 11.2. The molecule has 3 nitrogen and oxygen atoms in total. The number of nitrogens with two attached hydrogens (primary N) is 1. The van der Waals surface area contributed by atoms with Gasteiger partial charge >= 0.3 is 5.97 Å². The van der Waals surface area contributed by atoms with Gasteiger partial charge in [0.1, 0.15) is 4.88 Å². The van der Waals surface area contributed by atoms with Crippen LogP contribution < -0.4 is 5.73 Å². The Bertz CT molecular complexity index is 659. The summed E-state index contributed by atoms with van der Waals surface area (Å²) in [4.78, 5) is 13.4. The number of carbonyl (C=O) groups excluding carboxylic acids is 1. The summed E-state index contributed by atoms with van der Waals surface area (Å²) in [7, 11) is 1.38. The van der Waals surface area contributed by atoms with Gasteiger partial charge in [0.2, 0.25) is 0 Å². The molecule has 2 rings (SSSR count). The van der Waals surface area contributed by atoms with Gasteiger partial charge in [-0.1, -0.05) is 30.7 Å². The number of hydrogen-bond acceptors (Lipinski definition) is 4. The Kier molecular flexibility index (Phi) is 4.14. The monoisotopic (exact) mass is 289 g/mol. The molecule has 0 amide bonds. The van der Waals surface area contributed by atoms with Gasteiger partial charge in [0.25, 0.3) is 0 Å². The van der Waals surface area contributed by atoms with Crippen LogP contribution in [-0.4, -0.2) is 13.1 Å². The average Bonchev–Trinajstić information content (AvgIpc) is 2.77. The number of thiophene rings is 1. The number of methoxy groups -OCH3 is 1. The Balaban J connectivity index is 2.68. The molecule has 0 aliphatic rings. The van der Waals surface area contributed by atoms with E-state index in [9.17, 15) is 4.79 Å². The number of esters is 1. The van der Waals surface area contributed by atoms with Crippen LogP contribution in [0, 0.1) is 13.8 Å². The minimum Gasteiger partial charge on any atom is -0.465 e. The molecule has 0 aliphatic carbocycles. The van der Waals surface area contributed by atoms with Gasteiger partial charge in [-0.2, -0.15) is 0 Å². The third-order valence-electron chi connectivity index (χ3n) is 3.41. The molecule has 1 aromatic carbocycles. The van der Waals surface area contributed by atoms with Crippen LogP contribution in [0.2, 0.25) is 0 Å². The summed E-state index contributed by atoms with van der Waals surface area (Å²) in [5.74, 6) is -0.362. The van der Waals surface area contributed by atoms with Crippen LogP contribution in [0.3, 0.4) is 0 Å². The largest absolute Gasteiger partial charge is 0.465 e. The summed E-state index contributed by atoms with van der Waals surface area (Å²) < 4.78 is 4.81. The topological polar surface area (TPSA) is 52.3 Å². The molecular formula is C16H19NO2S. The van der Waals surface area contributed by atoms with Crippen LogP contribution in [0.4, 0.5) is 5.69 Å². The smallest absolute Gasteiger partial charge is 0.350 e. The van der Waals surface area contributed by atoms with Crippen LogP contribution in [-0.2, 0) is 11.2 Å². The zero-order valence-electron chi connectivity index (χ0n) is 12.2. The second kappa shape index (κ2) is 5.67. The highest BCUT2D eigenvalue weighted by Crippen LogP contribution is 2.40. The van der Waals surface area contributed by atoms with E-state index in [-0.39, 0.29) is 5.97 Å². The number of carbonyl (C=O) groups is 1. The molecule has 0 aliphatic heterocycles. The molecule has 0 saturated carbocycles. The van der Waals surface area contributed by atoms with Crippen molar-refractivity contribution in [3.63, 3.8) is 0 Å². The van der Waals surface area contributed by atoms with Gasteiger partial charge in [-0.3, -0.25) is 0 Å². The second-order valence-corrected chi connectivity index (χ2v) is 5.84. The van der Waals surface area contributed by atoms with Gasteiger partial charge in [0.05, 0.1) is 12.8 Å². The van der Waals surface area contributed by atoms with Gasteiger partial charge in [-0.15, -0.1) is 11.3 Å². The van der Waals surface area contributed by atoms with Gasteiger partial charge in [0.15, 0.2) is 0 Å². The van der Waals surface area contributed by atoms with Crippen molar-refractivity contribution in [3.05, 3.63) is 39.8 Å². The number of ether oxygens (including phenoxy) is 1. The Morgan fingerprint density at radius 1 is 1.35 bits per heavy atom. The van der Waals surface area contributed by atoms with Gasteiger partial charge in [-0.05, 0) is 37.0 Å². The Labute approximate surface area is 123 Å². The molecule has 106 valence electrons. The lowest BCUT2D eigenvalue weighted by molar-refractivity contribution is 0.0607. The SMILES string of the molecule is CCc1c(-c2cc(C)ccc2C)sc(C(=O)OC)c1N. The molecule has 20 heavy (non-hydrogen) atoms. The predicted molar refractivity (Wildman–Crippen MR) is 84.4 cm³/mol. The number of anilines is 1. The molecule has 1 heterocycles. The van der Waals surface area contributed by atoms with Crippen molar-refractivity contribution in [2.24, 2.45) is 0 Å². The molecule has 0 radical (unpaired) electrons. The van der Waals surface area contributed by atoms with Crippen molar-refractivity contribution in [1.29, 1.82) is 0 Å². The standard InChI is InChI=1S/C16H19NO2S/c1-5-11-13(17)15(16(18)19-4)20-14(11)12-8-9(2)6-7-10(12)3/h6-8H,5,17H2,1-4H3. The highest BCUT2D eigenvalue weighted by atomic mass is 32.1. The van der Waals surface area contributed by atoms with Crippen molar-refractivity contribution < 1.29 is 9.53 Å². The van der Waals surface area contributed by atoms with Crippen LogP contribution in [0.15, 0.2) is 18.2 Å². The molecule has 0 fully saturated rings. The van der Waals surface area contributed by atoms with E-state index >= 15 is 0 Å². The van der Waals surface area contributed by atoms with Gasteiger partial charge < -0.3 is 10.5 Å². The highest BCUT2D eigenvalue weighted by Gasteiger charge is 2.22. The van der Waals surface area contributed by atoms with Crippen LogP contribution in [0.1, 0.15) is 33.3 Å². The van der Waals surface area contributed by atoms with Gasteiger partial charge in [0, 0.05) is 4.88 Å². The lowest BCUT2D eigenvalue weighted by Crippen LogP contribution is -2.02. The van der Waals surface area contributed by atoms with Gasteiger partial charge in [-0.25, -0.2) is 4.79 Å². The normalized spacial score (nSPS) is 10.6. The van der Waals surface area contributed by atoms with E-state index in [0.717, 1.165) is 22.4 Å². The zero-order valence-corrected chi connectivity index (χ0v) is 13.1. The van der Waals surface area contributed by atoms with E-state index in [2.05, 4.69) is 32.0 Å². The molecule has 1 aromatic heterocycles. The summed E-state index contributed by atoms with van der Waals surface area (Å²) >= 11 is 1.42. The maximum atomic E-state index is 11.8. The van der Waals surface area contributed by atoms with Crippen LogP contribution in [0.5, 0.6) is 0 Å². The summed E-state index contributed by atoms with van der Waals surface area (Å²) in [6.45, 7) is 6.18. The first-order chi connectivity index (χ1) is 9.49. The maximum absolute atomic E-state index is 11.8. The Morgan fingerprint density at radius 3 is 2.65 bits per heavy atom. The minimum absolute atomic E-state index is 0.362. The average molecular weight is 289 g/mol. The lowest BCUT2D eigenvalue weighted by atomic mass is 10.00. The summed E-state index contributed by atoms with van der Waals surface area (Å²) in [6, 6.07) is 6.32. The minimum atomic E-state index is -0.362. The second-order valence-electron chi connectivity index (χ2n) is 4.82. The summed E-state index contributed by atoms with van der Waals surface area (Å²) in [6.07, 6.45) is 0.794. The fourth-order valence-corrected chi connectivity index (χ4v) is 3.58. The number of nitrogen functional groups attached to an aromatic ring is 1. The van der Waals surface area contributed by atoms with E-state index in [4.69, 9.17) is 10.5 Å². The van der Waals surface area contributed by atoms with Crippen molar-refractivity contribution in [2.45, 2.75) is 27.2 Å². The van der Waals surface area contributed by atoms with Crippen LogP contribution in [0.25, 0.3) is 10.4 Å². The Hall–Kier alpha value is -1.81. The van der Waals surface area contributed by atoms with Crippen LogP contribution >= 0.6 is 11.3 Å². The first kappa shape index (κ1) is 14.6. The Morgan fingerprint density at radius 2 is 2.05 bits per heavy atom. The predicted octanol–water partition coefficient (Wildman–Crippen LogP) is 3.96. The number of hydrogen-bond donors (Lipinski definition) is 1. The molecule has 2 aromatic rings. The van der Waals surface area contributed by atoms with E-state index in [1.807, 2.05) is 6.92 Å².